The first-order chi connectivity index (χ1) is 9.41. The van der Waals surface area contributed by atoms with Gasteiger partial charge in [0.1, 0.15) is 6.04 Å². The van der Waals surface area contributed by atoms with E-state index in [0.717, 1.165) is 0 Å². The quantitative estimate of drug-likeness (QED) is 0.691. The highest BCUT2D eigenvalue weighted by Gasteiger charge is 2.32. The molecule has 0 aliphatic carbocycles. The van der Waals surface area contributed by atoms with Crippen LogP contribution in [0.3, 0.4) is 0 Å². The van der Waals surface area contributed by atoms with Gasteiger partial charge in [0.15, 0.2) is 0 Å². The molecule has 20 heavy (non-hydrogen) atoms. The lowest BCUT2D eigenvalue weighted by Crippen LogP contribution is -2.53. The second-order valence-electron chi connectivity index (χ2n) is 4.39. The van der Waals surface area contributed by atoms with E-state index < -0.39 is 17.9 Å². The lowest BCUT2D eigenvalue weighted by Gasteiger charge is -2.36. The third-order valence-corrected chi connectivity index (χ3v) is 3.35. The number of amides is 1. The molecule has 1 aliphatic heterocycles. The molecule has 1 amide bonds. The fourth-order valence-corrected chi connectivity index (χ4v) is 2.52. The van der Waals surface area contributed by atoms with E-state index in [-0.39, 0.29) is 28.6 Å². The lowest BCUT2D eigenvalue weighted by molar-refractivity contribution is -0.121. The highest BCUT2D eigenvalue weighted by atomic mass is 35.5. The highest BCUT2D eigenvalue weighted by Crippen LogP contribution is 2.34. The van der Waals surface area contributed by atoms with E-state index in [2.05, 4.69) is 0 Å². The maximum Gasteiger partial charge on any atom is 0.337 e. The number of nitrogens with zero attached hydrogens (tertiary/aromatic N) is 1. The van der Waals surface area contributed by atoms with E-state index in [9.17, 15) is 14.7 Å². The molecule has 108 valence electrons. The number of aromatic carboxylic acids is 1. The number of primary amides is 1. The second kappa shape index (κ2) is 5.56. The van der Waals surface area contributed by atoms with E-state index in [1.54, 1.807) is 4.90 Å². The Morgan fingerprint density at radius 3 is 2.75 bits per heavy atom. The summed E-state index contributed by atoms with van der Waals surface area (Å²) in [5.74, 6) is -1.78. The van der Waals surface area contributed by atoms with Crippen molar-refractivity contribution in [1.29, 1.82) is 0 Å². The Morgan fingerprint density at radius 2 is 2.15 bits per heavy atom. The maximum atomic E-state index is 11.5. The van der Waals surface area contributed by atoms with Crippen LogP contribution in [0, 0.1) is 0 Å². The van der Waals surface area contributed by atoms with Crippen molar-refractivity contribution in [2.45, 2.75) is 6.04 Å². The van der Waals surface area contributed by atoms with Crippen molar-refractivity contribution in [3.8, 4) is 0 Å². The van der Waals surface area contributed by atoms with E-state index in [1.807, 2.05) is 0 Å². The van der Waals surface area contributed by atoms with Gasteiger partial charge in [-0.15, -0.1) is 0 Å². The maximum absolute atomic E-state index is 11.5. The molecule has 5 N–H and O–H groups in total. The summed E-state index contributed by atoms with van der Waals surface area (Å²) >= 11 is 6.10. The topological polar surface area (TPSA) is 119 Å². The van der Waals surface area contributed by atoms with Gasteiger partial charge in [-0.3, -0.25) is 4.79 Å². The molecule has 1 saturated heterocycles. The third-order valence-electron chi connectivity index (χ3n) is 3.06. The molecular weight excluding hydrogens is 286 g/mol. The van der Waals surface area contributed by atoms with Crippen molar-refractivity contribution in [2.24, 2.45) is 5.73 Å². The molecule has 0 aromatic heterocycles. The molecule has 0 radical (unpaired) electrons. The fourth-order valence-electron chi connectivity index (χ4n) is 2.18. The van der Waals surface area contributed by atoms with Crippen molar-refractivity contribution >= 4 is 34.9 Å². The number of carboxylic acid groups (broad SMARTS) is 1. The standard InChI is InChI=1S/C12H14ClN3O4/c13-8-4-6(14)3-7(12(18)19)10(8)16-1-2-20-5-9(16)11(15)17/h3-4,9H,1-2,5,14H2,(H2,15,17)(H,18,19). The normalized spacial score (nSPS) is 18.9. The molecule has 7 nitrogen and oxygen atoms in total. The van der Waals surface area contributed by atoms with Crippen molar-refractivity contribution in [1.82, 2.24) is 0 Å². The second-order valence-corrected chi connectivity index (χ2v) is 4.80. The molecule has 0 bridgehead atoms. The molecule has 1 heterocycles. The smallest absolute Gasteiger partial charge is 0.337 e. The minimum absolute atomic E-state index is 0.0665. The Bertz CT molecular complexity index is 564. The molecule has 8 heteroatoms. The molecule has 0 spiro atoms. The monoisotopic (exact) mass is 299 g/mol. The number of carboxylic acids is 1. The Labute approximate surface area is 120 Å². The first-order valence-corrected chi connectivity index (χ1v) is 6.25. The van der Waals surface area contributed by atoms with Gasteiger partial charge in [0, 0.05) is 12.2 Å². The SMILES string of the molecule is NC(=O)C1COCCN1c1c(Cl)cc(N)cc1C(=O)O. The van der Waals surface area contributed by atoms with Crippen LogP contribution >= 0.6 is 11.6 Å². The first-order valence-electron chi connectivity index (χ1n) is 5.88. The zero-order valence-electron chi connectivity index (χ0n) is 10.5. The molecule has 1 aromatic rings. The van der Waals surface area contributed by atoms with Crippen LogP contribution in [0.4, 0.5) is 11.4 Å². The zero-order valence-corrected chi connectivity index (χ0v) is 11.3. The number of anilines is 2. The van der Waals surface area contributed by atoms with E-state index in [4.69, 9.17) is 27.8 Å². The largest absolute Gasteiger partial charge is 0.478 e. The van der Waals surface area contributed by atoms with Crippen LogP contribution in [-0.4, -0.2) is 42.8 Å². The van der Waals surface area contributed by atoms with Crippen LogP contribution in [0.15, 0.2) is 12.1 Å². The molecule has 2 rings (SSSR count). The predicted octanol–water partition coefficient (Wildman–Crippen LogP) is 0.311. The van der Waals surface area contributed by atoms with E-state index >= 15 is 0 Å². The number of ether oxygens (including phenoxy) is 1. The first kappa shape index (κ1) is 14.4. The Hall–Kier alpha value is -1.99. The van der Waals surface area contributed by atoms with Crippen molar-refractivity contribution < 1.29 is 19.4 Å². The summed E-state index contributed by atoms with van der Waals surface area (Å²) in [7, 11) is 0. The van der Waals surface area contributed by atoms with Crippen molar-refractivity contribution in [3.63, 3.8) is 0 Å². The summed E-state index contributed by atoms with van der Waals surface area (Å²) in [4.78, 5) is 24.4. The molecular formula is C12H14ClN3O4. The molecule has 1 aliphatic rings. The molecule has 1 atom stereocenters. The van der Waals surface area contributed by atoms with Gasteiger partial charge in [-0.25, -0.2) is 4.79 Å². The minimum Gasteiger partial charge on any atom is -0.478 e. The Morgan fingerprint density at radius 1 is 1.45 bits per heavy atom. The molecule has 0 saturated carbocycles. The number of nitrogen functional groups attached to an aromatic ring is 1. The third kappa shape index (κ3) is 2.63. The Balaban J connectivity index is 2.54. The number of nitrogens with two attached hydrogens (primary N) is 2. The average Bonchev–Trinajstić information content (AvgIpc) is 2.37. The molecule has 1 fully saturated rings. The number of morpholine rings is 1. The number of halogens is 1. The summed E-state index contributed by atoms with van der Waals surface area (Å²) in [6, 6.07) is 1.98. The number of hydrogen-bond donors (Lipinski definition) is 3. The van der Waals surface area contributed by atoms with Gasteiger partial charge < -0.3 is 26.2 Å². The highest BCUT2D eigenvalue weighted by molar-refractivity contribution is 6.34. The van der Waals surface area contributed by atoms with Gasteiger partial charge in [-0.1, -0.05) is 11.6 Å². The van der Waals surface area contributed by atoms with Crippen LogP contribution in [0.5, 0.6) is 0 Å². The van der Waals surface area contributed by atoms with Crippen LogP contribution in [0.1, 0.15) is 10.4 Å². The average molecular weight is 300 g/mol. The summed E-state index contributed by atoms with van der Waals surface area (Å²) in [6.07, 6.45) is 0. The van der Waals surface area contributed by atoms with Crippen LogP contribution in [0.25, 0.3) is 0 Å². The Kier molecular flexibility index (Phi) is 4.01. The zero-order chi connectivity index (χ0) is 14.9. The lowest BCUT2D eigenvalue weighted by atomic mass is 10.1. The number of carbonyl (C=O) groups is 2. The summed E-state index contributed by atoms with van der Waals surface area (Å²) in [5, 5.41) is 9.44. The predicted molar refractivity (Wildman–Crippen MR) is 74.0 cm³/mol. The molecule has 1 aromatic carbocycles. The van der Waals surface area contributed by atoms with Gasteiger partial charge in [0.25, 0.3) is 0 Å². The van der Waals surface area contributed by atoms with Crippen molar-refractivity contribution in [3.05, 3.63) is 22.7 Å². The number of benzene rings is 1. The van der Waals surface area contributed by atoms with Crippen molar-refractivity contribution in [2.75, 3.05) is 30.4 Å². The van der Waals surface area contributed by atoms with Gasteiger partial charge in [-0.2, -0.15) is 0 Å². The van der Waals surface area contributed by atoms with Gasteiger partial charge in [0.2, 0.25) is 5.91 Å². The van der Waals surface area contributed by atoms with E-state index in [1.165, 1.54) is 12.1 Å². The number of carbonyl (C=O) groups excluding carboxylic acids is 1. The summed E-state index contributed by atoms with van der Waals surface area (Å²) < 4.78 is 5.20. The summed E-state index contributed by atoms with van der Waals surface area (Å²) in [5.41, 5.74) is 11.3. The number of rotatable bonds is 3. The molecule has 1 unspecified atom stereocenters. The number of hydrogen-bond acceptors (Lipinski definition) is 5. The van der Waals surface area contributed by atoms with Gasteiger partial charge in [-0.05, 0) is 12.1 Å². The van der Waals surface area contributed by atoms with E-state index in [0.29, 0.717) is 13.2 Å². The minimum atomic E-state index is -1.18. The summed E-state index contributed by atoms with van der Waals surface area (Å²) in [6.45, 7) is 0.760. The van der Waals surface area contributed by atoms with Crippen LogP contribution in [-0.2, 0) is 9.53 Å². The fraction of sp³-hybridized carbons (Fsp3) is 0.333. The van der Waals surface area contributed by atoms with Gasteiger partial charge in [0.05, 0.1) is 29.5 Å². The van der Waals surface area contributed by atoms with Gasteiger partial charge >= 0.3 is 5.97 Å². The van der Waals surface area contributed by atoms with Crippen LogP contribution in [0.2, 0.25) is 5.02 Å². The van der Waals surface area contributed by atoms with Crippen LogP contribution < -0.4 is 16.4 Å².